The van der Waals surface area contributed by atoms with Gasteiger partial charge in [-0.25, -0.2) is 17.6 Å². The number of nitrogen functional groups attached to an aromatic ring is 1. The van der Waals surface area contributed by atoms with Gasteiger partial charge in [0.15, 0.2) is 0 Å². The first-order valence-corrected chi connectivity index (χ1v) is 9.67. The zero-order valence-electron chi connectivity index (χ0n) is 14.7. The average Bonchev–Trinajstić information content (AvgIpc) is 2.95. The first-order valence-electron chi connectivity index (χ1n) is 8.19. The van der Waals surface area contributed by atoms with E-state index in [4.69, 9.17) is 15.1 Å². The Morgan fingerprint density at radius 3 is 2.82 bits per heavy atom. The molecule has 0 bridgehead atoms. The van der Waals surface area contributed by atoms with Crippen LogP contribution in [0, 0.1) is 5.82 Å². The Hall–Kier alpha value is -2.83. The predicted octanol–water partition coefficient (Wildman–Crippen LogP) is 0.995. The lowest BCUT2D eigenvalue weighted by Crippen LogP contribution is -2.29. The van der Waals surface area contributed by atoms with Gasteiger partial charge in [0.25, 0.3) is 10.0 Å². The number of rotatable bonds is 5. The van der Waals surface area contributed by atoms with Gasteiger partial charge in [0, 0.05) is 5.69 Å². The molecule has 28 heavy (non-hydrogen) atoms. The summed E-state index contributed by atoms with van der Waals surface area (Å²) < 4.78 is 51.8. The molecule has 0 fully saturated rings. The molecule has 3 rings (SSSR count). The highest BCUT2D eigenvalue weighted by molar-refractivity contribution is 7.92. The maximum Gasteiger partial charge on any atom is 0.491 e. The molecule has 0 saturated carbocycles. The summed E-state index contributed by atoms with van der Waals surface area (Å²) in [5.41, 5.74) is 6.05. The van der Waals surface area contributed by atoms with Crippen LogP contribution in [0.15, 0.2) is 35.2 Å². The van der Waals surface area contributed by atoms with Crippen molar-refractivity contribution in [3.63, 3.8) is 0 Å². The lowest BCUT2D eigenvalue weighted by Gasteiger charge is -2.15. The number of fused-ring (bicyclic) bond motifs is 1. The van der Waals surface area contributed by atoms with Gasteiger partial charge in [0.2, 0.25) is 0 Å². The molecule has 1 aliphatic heterocycles. The number of benzene rings is 2. The summed E-state index contributed by atoms with van der Waals surface area (Å²) in [6.45, 7) is 1.69. The van der Waals surface area contributed by atoms with Crippen LogP contribution in [0.1, 0.15) is 12.5 Å². The normalized spacial score (nSPS) is 13.2. The molecule has 9 nitrogen and oxygen atoms in total. The molecule has 148 valence electrons. The lowest BCUT2D eigenvalue weighted by molar-refractivity contribution is 0.168. The number of ether oxygens (including phenoxy) is 1. The summed E-state index contributed by atoms with van der Waals surface area (Å²) in [4.78, 5) is 11.3. The van der Waals surface area contributed by atoms with Gasteiger partial charge in [-0.05, 0) is 48.3 Å². The molecule has 12 heteroatoms. The molecule has 0 radical (unpaired) electrons. The van der Waals surface area contributed by atoms with Gasteiger partial charge >= 0.3 is 13.2 Å². The highest BCUT2D eigenvalue weighted by atomic mass is 32.2. The van der Waals surface area contributed by atoms with Gasteiger partial charge < -0.3 is 20.1 Å². The Morgan fingerprint density at radius 2 is 2.11 bits per heavy atom. The van der Waals surface area contributed by atoms with Gasteiger partial charge in [0.05, 0.1) is 24.6 Å². The Kier molecular flexibility index (Phi) is 5.45. The number of nitrogens with two attached hydrogens (primary N) is 1. The van der Waals surface area contributed by atoms with Crippen molar-refractivity contribution in [1.29, 1.82) is 0 Å². The molecule has 2 aromatic carbocycles. The van der Waals surface area contributed by atoms with Gasteiger partial charge in [-0.3, -0.25) is 10.0 Å². The fourth-order valence-electron chi connectivity index (χ4n) is 2.68. The average molecular weight is 409 g/mol. The van der Waals surface area contributed by atoms with Crippen LogP contribution in [0.3, 0.4) is 0 Å². The smallest absolute Gasteiger partial charge is 0.450 e. The number of hydrogen-bond acceptors (Lipinski definition) is 7. The third-order valence-corrected chi connectivity index (χ3v) is 5.36. The molecular formula is C16H17BFN3O6S. The van der Waals surface area contributed by atoms with Gasteiger partial charge in [-0.1, -0.05) is 0 Å². The van der Waals surface area contributed by atoms with Crippen molar-refractivity contribution in [3.05, 3.63) is 41.7 Å². The summed E-state index contributed by atoms with van der Waals surface area (Å²) in [6, 6.07) is 5.98. The zero-order valence-corrected chi connectivity index (χ0v) is 15.5. The molecule has 0 aliphatic carbocycles. The van der Waals surface area contributed by atoms with Crippen LogP contribution in [0.5, 0.6) is 0 Å². The van der Waals surface area contributed by atoms with Crippen LogP contribution >= 0.6 is 0 Å². The second kappa shape index (κ2) is 7.66. The standard InChI is InChI=1S/C16H17BFN3O6S/c1-2-26-16(22)20-14-6-10(19)3-4-15(14)28(24,25)21-13-7-11-9(5-12(13)18)8-27-17(11)23/h3-7,21,23H,2,8,19H2,1H3,(H,20,22). The number of carbonyl (C=O) groups excluding carboxylic acids is 1. The molecule has 0 spiro atoms. The minimum absolute atomic E-state index is 0.0199. The van der Waals surface area contributed by atoms with Gasteiger partial charge in [-0.15, -0.1) is 0 Å². The summed E-state index contributed by atoms with van der Waals surface area (Å²) in [5.74, 6) is -0.838. The Labute approximate surface area is 160 Å². The highest BCUT2D eigenvalue weighted by Crippen LogP contribution is 2.28. The van der Waals surface area contributed by atoms with E-state index in [0.29, 0.717) is 5.56 Å². The second-order valence-corrected chi connectivity index (χ2v) is 7.55. The van der Waals surface area contributed by atoms with Crippen LogP contribution in [-0.4, -0.2) is 33.3 Å². The zero-order chi connectivity index (χ0) is 20.5. The van der Waals surface area contributed by atoms with Crippen LogP contribution in [0.25, 0.3) is 0 Å². The van der Waals surface area contributed by atoms with E-state index in [1.165, 1.54) is 18.2 Å². The lowest BCUT2D eigenvalue weighted by atomic mass is 9.79. The van der Waals surface area contributed by atoms with Crippen LogP contribution < -0.4 is 21.2 Å². The maximum atomic E-state index is 14.3. The number of halogens is 1. The van der Waals surface area contributed by atoms with Crippen molar-refractivity contribution in [3.8, 4) is 0 Å². The van der Waals surface area contributed by atoms with Crippen molar-refractivity contribution >= 4 is 45.8 Å². The van der Waals surface area contributed by atoms with E-state index in [-0.39, 0.29) is 40.6 Å². The highest BCUT2D eigenvalue weighted by Gasteiger charge is 2.30. The van der Waals surface area contributed by atoms with E-state index in [1.54, 1.807) is 6.92 Å². The molecule has 0 unspecified atom stereocenters. The van der Waals surface area contributed by atoms with Crippen LogP contribution in [-0.2, 0) is 26.0 Å². The van der Waals surface area contributed by atoms with Crippen LogP contribution in [0.2, 0.25) is 0 Å². The second-order valence-electron chi connectivity index (χ2n) is 5.90. The van der Waals surface area contributed by atoms with E-state index < -0.39 is 29.1 Å². The molecule has 1 amide bonds. The third-order valence-electron chi connectivity index (χ3n) is 3.94. The first-order chi connectivity index (χ1) is 13.2. The largest absolute Gasteiger partial charge is 0.491 e. The quantitative estimate of drug-likeness (QED) is 0.427. The number of nitrogens with one attached hydrogen (secondary N) is 2. The van der Waals surface area contributed by atoms with Gasteiger partial charge in [-0.2, -0.15) is 0 Å². The van der Waals surface area contributed by atoms with E-state index in [9.17, 15) is 22.6 Å². The molecular weight excluding hydrogens is 392 g/mol. The molecule has 1 heterocycles. The minimum atomic E-state index is -4.32. The third kappa shape index (κ3) is 4.03. The molecule has 2 aromatic rings. The molecule has 0 aromatic heterocycles. The van der Waals surface area contributed by atoms with E-state index in [0.717, 1.165) is 12.1 Å². The molecule has 0 saturated heterocycles. The van der Waals surface area contributed by atoms with Crippen molar-refractivity contribution < 1.29 is 32.0 Å². The number of sulfonamides is 1. The van der Waals surface area contributed by atoms with Crippen molar-refractivity contribution in [1.82, 2.24) is 0 Å². The predicted molar refractivity (Wildman–Crippen MR) is 101 cm³/mol. The fraction of sp³-hybridized carbons (Fsp3) is 0.188. The number of hydrogen-bond donors (Lipinski definition) is 4. The first kappa shape index (κ1) is 19.9. The monoisotopic (exact) mass is 409 g/mol. The van der Waals surface area contributed by atoms with Crippen molar-refractivity contribution in [2.45, 2.75) is 18.4 Å². The van der Waals surface area contributed by atoms with E-state index >= 15 is 0 Å². The summed E-state index contributed by atoms with van der Waals surface area (Å²) >= 11 is 0. The van der Waals surface area contributed by atoms with E-state index in [2.05, 4.69) is 10.0 Å². The topological polar surface area (TPSA) is 140 Å². The fourth-order valence-corrected chi connectivity index (χ4v) is 3.88. The summed E-state index contributed by atoms with van der Waals surface area (Å²) in [6.07, 6.45) is -0.867. The molecule has 0 atom stereocenters. The summed E-state index contributed by atoms with van der Waals surface area (Å²) in [7, 11) is -5.58. The van der Waals surface area contributed by atoms with Crippen molar-refractivity contribution in [2.24, 2.45) is 0 Å². The van der Waals surface area contributed by atoms with Gasteiger partial charge in [0.1, 0.15) is 10.7 Å². The maximum absolute atomic E-state index is 14.3. The van der Waals surface area contributed by atoms with Crippen molar-refractivity contribution in [2.75, 3.05) is 22.4 Å². The number of anilines is 3. The summed E-state index contributed by atoms with van der Waals surface area (Å²) in [5, 5.41) is 12.0. The Balaban J connectivity index is 1.96. The minimum Gasteiger partial charge on any atom is -0.450 e. The van der Waals surface area contributed by atoms with E-state index in [1.807, 2.05) is 0 Å². The molecule has 1 aliphatic rings. The number of amides is 1. The Morgan fingerprint density at radius 1 is 1.36 bits per heavy atom. The SMILES string of the molecule is CCOC(=O)Nc1cc(N)ccc1S(=O)(=O)Nc1cc2c(cc1F)COB2O. The Bertz CT molecular complexity index is 1030. The van der Waals surface area contributed by atoms with Crippen LogP contribution in [0.4, 0.5) is 26.2 Å². The molecule has 5 N–H and O–H groups in total. The number of carbonyl (C=O) groups is 1.